The number of piperidine rings is 1. The second-order valence-electron chi connectivity index (χ2n) is 11.4. The molecule has 0 bridgehead atoms. The molecule has 0 spiro atoms. The van der Waals surface area contributed by atoms with Crippen molar-refractivity contribution < 1.29 is 27.6 Å². The minimum atomic E-state index is -4.83. The number of hydrogen-bond acceptors (Lipinski definition) is 9. The molecular formula is C30H31ClF3N11O3. The first-order chi connectivity index (χ1) is 22.9. The van der Waals surface area contributed by atoms with Crippen molar-refractivity contribution >= 4 is 40.8 Å². The Morgan fingerprint density at radius 1 is 1.00 bits per heavy atom. The van der Waals surface area contributed by atoms with Gasteiger partial charge in [0.1, 0.15) is 5.82 Å². The molecule has 2 aliphatic rings. The number of rotatable bonds is 6. The number of nitrogens with one attached hydrogen (secondary N) is 2. The molecule has 18 heteroatoms. The van der Waals surface area contributed by atoms with Crippen molar-refractivity contribution in [3.63, 3.8) is 0 Å². The van der Waals surface area contributed by atoms with Crippen molar-refractivity contribution in [3.8, 4) is 17.1 Å². The number of alkyl halides is 3. The van der Waals surface area contributed by atoms with E-state index in [0.29, 0.717) is 26.2 Å². The quantitative estimate of drug-likeness (QED) is 0.276. The zero-order valence-electron chi connectivity index (χ0n) is 25.7. The Bertz CT molecular complexity index is 1840. The third-order valence-corrected chi connectivity index (χ3v) is 8.68. The number of aromatic nitrogens is 6. The van der Waals surface area contributed by atoms with Crippen LogP contribution in [0.4, 0.5) is 24.7 Å². The van der Waals surface area contributed by atoms with Gasteiger partial charge in [-0.1, -0.05) is 11.6 Å². The van der Waals surface area contributed by atoms with Gasteiger partial charge in [-0.3, -0.25) is 14.4 Å². The molecule has 5 heterocycles. The van der Waals surface area contributed by atoms with E-state index in [9.17, 15) is 27.6 Å². The van der Waals surface area contributed by atoms with Gasteiger partial charge in [0.05, 0.1) is 40.4 Å². The molecule has 2 fully saturated rings. The average molecular weight is 686 g/mol. The molecule has 3 amide bonds. The molecule has 2 aliphatic heterocycles. The maximum absolute atomic E-state index is 14.0. The summed E-state index contributed by atoms with van der Waals surface area (Å²) in [5, 5.41) is 9.64. The van der Waals surface area contributed by atoms with E-state index in [1.165, 1.54) is 42.2 Å². The van der Waals surface area contributed by atoms with Crippen molar-refractivity contribution in [1.82, 2.24) is 44.4 Å². The van der Waals surface area contributed by atoms with Gasteiger partial charge < -0.3 is 30.7 Å². The number of nitrogens with two attached hydrogens (primary N) is 1. The van der Waals surface area contributed by atoms with E-state index in [4.69, 9.17) is 17.3 Å². The van der Waals surface area contributed by atoms with Crippen molar-refractivity contribution in [2.45, 2.75) is 19.0 Å². The van der Waals surface area contributed by atoms with E-state index >= 15 is 0 Å². The molecule has 14 nitrogen and oxygen atoms in total. The maximum atomic E-state index is 14.0. The fraction of sp³-hybridized carbons (Fsp3) is 0.367. The van der Waals surface area contributed by atoms with Crippen LogP contribution in [0.15, 0.2) is 43.0 Å². The number of carbonyl (C=O) groups excluding carboxylic acids is 3. The van der Waals surface area contributed by atoms with Gasteiger partial charge in [0.2, 0.25) is 5.91 Å². The van der Waals surface area contributed by atoms with Crippen LogP contribution in [0.1, 0.15) is 39.5 Å². The van der Waals surface area contributed by atoms with Crippen LogP contribution in [0.2, 0.25) is 5.02 Å². The van der Waals surface area contributed by atoms with Crippen molar-refractivity contribution in [2.24, 2.45) is 13.0 Å². The first-order valence-corrected chi connectivity index (χ1v) is 15.4. The first kappa shape index (κ1) is 32.9. The summed E-state index contributed by atoms with van der Waals surface area (Å²) in [6.07, 6.45) is 1.40. The third-order valence-electron chi connectivity index (χ3n) is 8.37. The van der Waals surface area contributed by atoms with Gasteiger partial charge in [0.25, 0.3) is 11.8 Å². The fourth-order valence-corrected chi connectivity index (χ4v) is 6.05. The van der Waals surface area contributed by atoms with Crippen LogP contribution < -0.4 is 16.4 Å². The van der Waals surface area contributed by atoms with Crippen molar-refractivity contribution in [2.75, 3.05) is 50.3 Å². The molecule has 252 valence electrons. The van der Waals surface area contributed by atoms with E-state index in [-0.39, 0.29) is 62.7 Å². The van der Waals surface area contributed by atoms with Crippen LogP contribution in [0.5, 0.6) is 0 Å². The molecule has 48 heavy (non-hydrogen) atoms. The minimum absolute atomic E-state index is 0.00451. The molecule has 0 aliphatic carbocycles. The van der Waals surface area contributed by atoms with Gasteiger partial charge in [-0.25, -0.2) is 19.6 Å². The Morgan fingerprint density at radius 3 is 2.35 bits per heavy atom. The highest BCUT2D eigenvalue weighted by atomic mass is 35.5. The highest BCUT2D eigenvalue weighted by molar-refractivity contribution is 6.34. The lowest BCUT2D eigenvalue weighted by atomic mass is 9.96. The summed E-state index contributed by atoms with van der Waals surface area (Å²) in [4.78, 5) is 54.6. The molecule has 4 N–H and O–H groups in total. The lowest BCUT2D eigenvalue weighted by molar-refractivity contribution is -0.141. The number of hydrogen-bond donors (Lipinski definition) is 3. The molecule has 4 aromatic rings. The number of halogens is 4. The summed E-state index contributed by atoms with van der Waals surface area (Å²) in [7, 11) is 1.40. The largest absolute Gasteiger partial charge is 0.435 e. The number of nitrogens with zero attached hydrogens (tertiary/aromatic N) is 8. The summed E-state index contributed by atoms with van der Waals surface area (Å²) in [5.74, 6) is -0.982. The molecule has 0 saturated carbocycles. The summed E-state index contributed by atoms with van der Waals surface area (Å²) >= 11 is 6.47. The molecule has 0 atom stereocenters. The van der Waals surface area contributed by atoms with Crippen molar-refractivity contribution in [3.05, 3.63) is 65.1 Å². The summed E-state index contributed by atoms with van der Waals surface area (Å²) in [5.41, 5.74) is 4.43. The Labute approximate surface area is 277 Å². The van der Waals surface area contributed by atoms with E-state index < -0.39 is 17.8 Å². The number of imidazole rings is 1. The van der Waals surface area contributed by atoms with Gasteiger partial charge in [-0.15, -0.1) is 0 Å². The van der Waals surface area contributed by atoms with Gasteiger partial charge >= 0.3 is 6.18 Å². The molecule has 0 unspecified atom stereocenters. The van der Waals surface area contributed by atoms with Crippen LogP contribution in [-0.4, -0.2) is 96.1 Å². The average Bonchev–Trinajstić information content (AvgIpc) is 3.69. The molecule has 6 rings (SSSR count). The van der Waals surface area contributed by atoms with Gasteiger partial charge in [-0.05, 0) is 44.1 Å². The summed E-state index contributed by atoms with van der Waals surface area (Å²) < 4.78 is 44.1. The number of benzene rings is 1. The molecule has 3 aromatic heterocycles. The van der Waals surface area contributed by atoms with E-state index in [1.807, 2.05) is 4.90 Å². The Morgan fingerprint density at radius 2 is 1.71 bits per heavy atom. The standard InChI is InChI=1S/C30H31ClF3N11O3/c1-42-22(20-16-45(41-25(20)30(32,33)34)24-15-37-23(35)14-38-24)13-39-26(42)27(46)40-18-2-3-19(21(31)12-18)29(48)44-10-8-43(9-11-44)28(47)17-4-6-36-7-5-17/h2-3,12-17,36H,4-11H2,1H3,(H2,35,37)(H,40,46). The molecular weight excluding hydrogens is 655 g/mol. The second kappa shape index (κ2) is 13.2. The number of piperazine rings is 1. The van der Waals surface area contributed by atoms with Crippen LogP contribution in [0.25, 0.3) is 17.1 Å². The maximum Gasteiger partial charge on any atom is 0.435 e. The third kappa shape index (κ3) is 6.68. The number of anilines is 2. The van der Waals surface area contributed by atoms with E-state index in [2.05, 4.69) is 30.7 Å². The lowest BCUT2D eigenvalue weighted by Crippen LogP contribution is -2.52. The van der Waals surface area contributed by atoms with E-state index in [1.54, 1.807) is 4.90 Å². The topological polar surface area (TPSA) is 169 Å². The van der Waals surface area contributed by atoms with Gasteiger partial charge in [0, 0.05) is 51.0 Å². The first-order valence-electron chi connectivity index (χ1n) is 15.1. The normalized spacial score (nSPS) is 15.9. The summed E-state index contributed by atoms with van der Waals surface area (Å²) in [6.45, 7) is 3.26. The SMILES string of the molecule is Cn1c(-c2cn(-c3cnc(N)cn3)nc2C(F)(F)F)cnc1C(=O)Nc1ccc(C(=O)N2CCN(C(=O)C3CCNCC3)CC2)c(Cl)c1. The van der Waals surface area contributed by atoms with Gasteiger partial charge in [0.15, 0.2) is 17.3 Å². The molecule has 1 aromatic carbocycles. The highest BCUT2D eigenvalue weighted by Crippen LogP contribution is 2.37. The van der Waals surface area contributed by atoms with Crippen LogP contribution in [0.3, 0.4) is 0 Å². The Hall–Kier alpha value is -5.03. The Balaban J connectivity index is 1.13. The number of nitrogen functional groups attached to an aromatic ring is 1. The predicted octanol–water partition coefficient (Wildman–Crippen LogP) is 2.85. The monoisotopic (exact) mass is 685 g/mol. The molecule has 2 saturated heterocycles. The second-order valence-corrected chi connectivity index (χ2v) is 11.9. The van der Waals surface area contributed by atoms with Crippen LogP contribution >= 0.6 is 11.6 Å². The van der Waals surface area contributed by atoms with Crippen molar-refractivity contribution in [1.29, 1.82) is 0 Å². The lowest BCUT2D eigenvalue weighted by Gasteiger charge is -2.37. The summed E-state index contributed by atoms with van der Waals surface area (Å²) in [6, 6.07) is 4.39. The van der Waals surface area contributed by atoms with E-state index in [0.717, 1.165) is 43.0 Å². The number of carbonyl (C=O) groups is 3. The zero-order chi connectivity index (χ0) is 34.2. The Kier molecular flexibility index (Phi) is 9.07. The minimum Gasteiger partial charge on any atom is -0.382 e. The fourth-order valence-electron chi connectivity index (χ4n) is 5.79. The smallest absolute Gasteiger partial charge is 0.382 e. The predicted molar refractivity (Wildman–Crippen MR) is 168 cm³/mol. The molecule has 0 radical (unpaired) electrons. The number of amides is 3. The van der Waals surface area contributed by atoms with Crippen LogP contribution in [0, 0.1) is 5.92 Å². The van der Waals surface area contributed by atoms with Crippen LogP contribution in [-0.2, 0) is 18.0 Å². The highest BCUT2D eigenvalue weighted by Gasteiger charge is 2.39. The van der Waals surface area contributed by atoms with Gasteiger partial charge in [-0.2, -0.15) is 18.3 Å². The zero-order valence-corrected chi connectivity index (χ0v) is 26.4.